The van der Waals surface area contributed by atoms with Crippen LogP contribution in [0, 0.1) is 5.92 Å². The summed E-state index contributed by atoms with van der Waals surface area (Å²) in [4.78, 5) is 13.5. The second-order valence-electron chi connectivity index (χ2n) is 6.59. The van der Waals surface area contributed by atoms with Crippen molar-refractivity contribution >= 4 is 6.09 Å². The van der Waals surface area contributed by atoms with Crippen LogP contribution in [0.15, 0.2) is 0 Å². The van der Waals surface area contributed by atoms with E-state index in [9.17, 15) is 4.79 Å². The molecule has 1 heterocycles. The average Bonchev–Trinajstić information content (AvgIpc) is 2.07. The Balaban J connectivity index is 2.30. The van der Waals surface area contributed by atoms with Crippen molar-refractivity contribution < 1.29 is 9.53 Å². The summed E-state index contributed by atoms with van der Waals surface area (Å²) in [6.45, 7) is 11.7. The number of amides is 1. The monoisotopic (exact) mass is 242 g/mol. The van der Waals surface area contributed by atoms with Gasteiger partial charge in [-0.15, -0.1) is 0 Å². The van der Waals surface area contributed by atoms with Gasteiger partial charge in [0.05, 0.1) is 0 Å². The molecule has 17 heavy (non-hydrogen) atoms. The van der Waals surface area contributed by atoms with Crippen molar-refractivity contribution in [3.05, 3.63) is 0 Å². The minimum absolute atomic E-state index is 0.144. The SMILES string of the molecule is CNC(C)(C)CC1CN(C(=O)OC(C)(C)C)C1. The number of ether oxygens (including phenoxy) is 1. The van der Waals surface area contributed by atoms with E-state index >= 15 is 0 Å². The molecule has 0 radical (unpaired) electrons. The Labute approximate surface area is 105 Å². The third-order valence-corrected chi connectivity index (χ3v) is 3.08. The average molecular weight is 242 g/mol. The Kier molecular flexibility index (Phi) is 4.07. The first-order valence-corrected chi connectivity index (χ1v) is 6.30. The van der Waals surface area contributed by atoms with Crippen LogP contribution in [0.3, 0.4) is 0 Å². The molecule has 0 unspecified atom stereocenters. The Bertz CT molecular complexity index is 276. The van der Waals surface area contributed by atoms with Gasteiger partial charge in [0.2, 0.25) is 0 Å². The molecule has 1 N–H and O–H groups in total. The van der Waals surface area contributed by atoms with Crippen molar-refractivity contribution in [2.24, 2.45) is 5.92 Å². The first-order chi connectivity index (χ1) is 7.63. The number of hydrogen-bond donors (Lipinski definition) is 1. The lowest BCUT2D eigenvalue weighted by molar-refractivity contribution is -0.00545. The quantitative estimate of drug-likeness (QED) is 0.825. The van der Waals surface area contributed by atoms with Crippen molar-refractivity contribution in [3.8, 4) is 0 Å². The molecule has 4 heteroatoms. The summed E-state index contributed by atoms with van der Waals surface area (Å²) in [5.74, 6) is 0.588. The van der Waals surface area contributed by atoms with Crippen LogP contribution < -0.4 is 5.32 Å². The fourth-order valence-corrected chi connectivity index (χ4v) is 2.00. The van der Waals surface area contributed by atoms with E-state index in [1.54, 1.807) is 4.90 Å². The van der Waals surface area contributed by atoms with Gasteiger partial charge in [0.15, 0.2) is 0 Å². The predicted octanol–water partition coefficient (Wildman–Crippen LogP) is 2.24. The van der Waals surface area contributed by atoms with Crippen molar-refractivity contribution in [2.75, 3.05) is 20.1 Å². The fraction of sp³-hybridized carbons (Fsp3) is 0.923. The molecule has 0 spiro atoms. The van der Waals surface area contributed by atoms with Crippen molar-refractivity contribution in [1.29, 1.82) is 0 Å². The molecule has 0 aromatic carbocycles. The Morgan fingerprint density at radius 2 is 1.82 bits per heavy atom. The molecule has 4 nitrogen and oxygen atoms in total. The smallest absolute Gasteiger partial charge is 0.410 e. The molecule has 0 atom stereocenters. The predicted molar refractivity (Wildman–Crippen MR) is 69.1 cm³/mol. The van der Waals surface area contributed by atoms with E-state index in [0.717, 1.165) is 19.5 Å². The minimum atomic E-state index is -0.396. The Morgan fingerprint density at radius 3 is 2.24 bits per heavy atom. The summed E-state index contributed by atoms with van der Waals surface area (Å²) < 4.78 is 5.32. The van der Waals surface area contributed by atoms with E-state index in [-0.39, 0.29) is 11.6 Å². The fourth-order valence-electron chi connectivity index (χ4n) is 2.00. The zero-order valence-electron chi connectivity index (χ0n) is 12.0. The van der Waals surface area contributed by atoms with Gasteiger partial charge in [-0.1, -0.05) is 0 Å². The summed E-state index contributed by atoms with van der Waals surface area (Å²) in [5, 5.41) is 3.29. The molecule has 0 aromatic rings. The molecule has 1 fully saturated rings. The van der Waals surface area contributed by atoms with Crippen LogP contribution in [0.2, 0.25) is 0 Å². The highest BCUT2D eigenvalue weighted by Crippen LogP contribution is 2.26. The maximum atomic E-state index is 11.7. The molecule has 0 aromatic heterocycles. The maximum absolute atomic E-state index is 11.7. The second kappa shape index (κ2) is 4.84. The number of nitrogens with zero attached hydrogens (tertiary/aromatic N) is 1. The lowest BCUT2D eigenvalue weighted by Gasteiger charge is -2.42. The highest BCUT2D eigenvalue weighted by molar-refractivity contribution is 5.69. The molecule has 1 rings (SSSR count). The van der Waals surface area contributed by atoms with Gasteiger partial charge in [0.1, 0.15) is 5.60 Å². The van der Waals surface area contributed by atoms with Crippen LogP contribution in [0.5, 0.6) is 0 Å². The minimum Gasteiger partial charge on any atom is -0.444 e. The molecule has 1 aliphatic rings. The summed E-state index contributed by atoms with van der Waals surface area (Å²) >= 11 is 0. The van der Waals surface area contributed by atoms with Gasteiger partial charge in [0, 0.05) is 18.6 Å². The summed E-state index contributed by atoms with van der Waals surface area (Å²) in [6.07, 6.45) is 0.902. The van der Waals surface area contributed by atoms with Gasteiger partial charge in [-0.2, -0.15) is 0 Å². The Hall–Kier alpha value is -0.770. The number of carbonyl (C=O) groups is 1. The van der Waals surface area contributed by atoms with Crippen molar-refractivity contribution in [2.45, 2.75) is 52.2 Å². The maximum Gasteiger partial charge on any atom is 0.410 e. The van der Waals surface area contributed by atoms with E-state index in [0.29, 0.717) is 5.92 Å². The summed E-state index contributed by atoms with van der Waals surface area (Å²) in [6, 6.07) is 0. The molecular weight excluding hydrogens is 216 g/mol. The molecule has 0 saturated carbocycles. The van der Waals surface area contributed by atoms with E-state index in [4.69, 9.17) is 4.74 Å². The first kappa shape index (κ1) is 14.3. The third-order valence-electron chi connectivity index (χ3n) is 3.08. The van der Waals surface area contributed by atoms with Gasteiger partial charge in [-0.25, -0.2) is 4.79 Å². The lowest BCUT2D eigenvalue weighted by atomic mass is 9.86. The molecule has 100 valence electrons. The van der Waals surface area contributed by atoms with Gasteiger partial charge >= 0.3 is 6.09 Å². The second-order valence-corrected chi connectivity index (χ2v) is 6.59. The largest absolute Gasteiger partial charge is 0.444 e. The zero-order valence-corrected chi connectivity index (χ0v) is 12.0. The van der Waals surface area contributed by atoms with Crippen molar-refractivity contribution in [1.82, 2.24) is 10.2 Å². The van der Waals surface area contributed by atoms with Crippen LogP contribution in [0.25, 0.3) is 0 Å². The van der Waals surface area contributed by atoms with Gasteiger partial charge in [0.25, 0.3) is 0 Å². The number of nitrogens with one attached hydrogen (secondary N) is 1. The topological polar surface area (TPSA) is 41.6 Å². The van der Waals surface area contributed by atoms with Crippen LogP contribution in [-0.4, -0.2) is 42.3 Å². The molecule has 0 aliphatic carbocycles. The first-order valence-electron chi connectivity index (χ1n) is 6.30. The van der Waals surface area contributed by atoms with Crippen LogP contribution in [-0.2, 0) is 4.74 Å². The summed E-state index contributed by atoms with van der Waals surface area (Å²) in [7, 11) is 1.98. The number of rotatable bonds is 3. The van der Waals surface area contributed by atoms with E-state index in [1.165, 1.54) is 0 Å². The highest BCUT2D eigenvalue weighted by Gasteiger charge is 2.36. The van der Waals surface area contributed by atoms with Crippen molar-refractivity contribution in [3.63, 3.8) is 0 Å². The number of likely N-dealkylation sites (tertiary alicyclic amines) is 1. The van der Waals surface area contributed by atoms with E-state index in [2.05, 4.69) is 19.2 Å². The van der Waals surface area contributed by atoms with Gasteiger partial charge in [-0.3, -0.25) is 0 Å². The zero-order chi connectivity index (χ0) is 13.3. The van der Waals surface area contributed by atoms with E-state index in [1.807, 2.05) is 27.8 Å². The standard InChI is InChI=1S/C13H26N2O2/c1-12(2,3)17-11(16)15-8-10(9-15)7-13(4,5)14-6/h10,14H,7-9H2,1-6H3. The third kappa shape index (κ3) is 4.54. The van der Waals surface area contributed by atoms with Crippen LogP contribution in [0.1, 0.15) is 41.0 Å². The Morgan fingerprint density at radius 1 is 1.29 bits per heavy atom. The molecule has 1 saturated heterocycles. The molecule has 1 amide bonds. The number of hydrogen-bond acceptors (Lipinski definition) is 3. The molecule has 1 aliphatic heterocycles. The normalized spacial score (nSPS) is 17.9. The van der Waals surface area contributed by atoms with Gasteiger partial charge < -0.3 is 15.0 Å². The number of carbonyl (C=O) groups excluding carboxylic acids is 1. The summed E-state index contributed by atoms with van der Waals surface area (Å²) in [5.41, 5.74) is -0.253. The molecule has 0 bridgehead atoms. The highest BCUT2D eigenvalue weighted by atomic mass is 16.6. The van der Waals surface area contributed by atoms with E-state index < -0.39 is 5.60 Å². The van der Waals surface area contributed by atoms with Crippen LogP contribution in [0.4, 0.5) is 4.79 Å². The molecular formula is C13H26N2O2. The van der Waals surface area contributed by atoms with Gasteiger partial charge in [-0.05, 0) is 54.0 Å². The van der Waals surface area contributed by atoms with Crippen LogP contribution >= 0.6 is 0 Å². The lowest BCUT2D eigenvalue weighted by Crippen LogP contribution is -2.54.